The van der Waals surface area contributed by atoms with Gasteiger partial charge in [-0.3, -0.25) is 0 Å². The van der Waals surface area contributed by atoms with Crippen LogP contribution in [0.3, 0.4) is 0 Å². The molecular formula is C19H22ClN3O2. The fourth-order valence-corrected chi connectivity index (χ4v) is 3.12. The molecule has 2 aromatic rings. The number of nitrogens with zero attached hydrogens (tertiary/aromatic N) is 2. The van der Waals surface area contributed by atoms with Crippen molar-refractivity contribution in [3.05, 3.63) is 53.6 Å². The highest BCUT2D eigenvalue weighted by Gasteiger charge is 2.26. The summed E-state index contributed by atoms with van der Waals surface area (Å²) < 4.78 is 6.07. The molecule has 5 nitrogen and oxygen atoms in total. The number of hydrogen-bond donors (Lipinski definition) is 1. The van der Waals surface area contributed by atoms with E-state index in [9.17, 15) is 4.79 Å². The average molecular weight is 360 g/mol. The zero-order chi connectivity index (χ0) is 17.8. The highest BCUT2D eigenvalue weighted by atomic mass is 35.5. The lowest BCUT2D eigenvalue weighted by molar-refractivity contribution is 0.150. The topological polar surface area (TPSA) is 44.8 Å². The summed E-state index contributed by atoms with van der Waals surface area (Å²) in [5.41, 5.74) is 1.70. The molecule has 0 bridgehead atoms. The number of halogens is 1. The molecule has 0 spiro atoms. The van der Waals surface area contributed by atoms with Crippen molar-refractivity contribution in [3.63, 3.8) is 0 Å². The smallest absolute Gasteiger partial charge is 0.321 e. The maximum Gasteiger partial charge on any atom is 0.321 e. The van der Waals surface area contributed by atoms with Gasteiger partial charge in [0.2, 0.25) is 0 Å². The molecule has 0 radical (unpaired) electrons. The zero-order valence-electron chi connectivity index (χ0n) is 14.4. The molecule has 0 aromatic heterocycles. The minimum atomic E-state index is -0.210. The van der Waals surface area contributed by atoms with E-state index in [0.717, 1.165) is 24.5 Å². The van der Waals surface area contributed by atoms with E-state index in [1.165, 1.54) is 0 Å². The molecule has 1 heterocycles. The Balaban J connectivity index is 1.64. The molecule has 2 aromatic carbocycles. The summed E-state index contributed by atoms with van der Waals surface area (Å²) in [6, 6.07) is 15.0. The number of nitrogens with one attached hydrogen (secondary N) is 1. The number of rotatable bonds is 4. The Kier molecular flexibility index (Phi) is 5.34. The van der Waals surface area contributed by atoms with Gasteiger partial charge in [-0.1, -0.05) is 35.9 Å². The SMILES string of the molecule is CCN1C[C@@H](CN(C)C(=O)Nc2ccccc2Cl)Oc2ccccc21. The molecule has 6 heteroatoms. The van der Waals surface area contributed by atoms with Gasteiger partial charge in [0.1, 0.15) is 11.9 Å². The van der Waals surface area contributed by atoms with Crippen molar-refractivity contribution in [3.8, 4) is 5.75 Å². The van der Waals surface area contributed by atoms with Crippen LogP contribution in [0.2, 0.25) is 5.02 Å². The van der Waals surface area contributed by atoms with E-state index in [4.69, 9.17) is 16.3 Å². The van der Waals surface area contributed by atoms with Crippen LogP contribution in [0.1, 0.15) is 6.92 Å². The molecule has 0 aliphatic carbocycles. The molecule has 25 heavy (non-hydrogen) atoms. The Morgan fingerprint density at radius 2 is 2.00 bits per heavy atom. The van der Waals surface area contributed by atoms with Crippen molar-refractivity contribution in [2.24, 2.45) is 0 Å². The number of carbonyl (C=O) groups is 1. The van der Waals surface area contributed by atoms with Crippen molar-refractivity contribution in [1.29, 1.82) is 0 Å². The Morgan fingerprint density at radius 3 is 2.76 bits per heavy atom. The first-order chi connectivity index (χ1) is 12.1. The Labute approximate surface area is 153 Å². The minimum absolute atomic E-state index is 0.0863. The summed E-state index contributed by atoms with van der Waals surface area (Å²) in [5.74, 6) is 0.862. The van der Waals surface area contributed by atoms with Crippen LogP contribution in [0.15, 0.2) is 48.5 Å². The molecule has 2 amide bonds. The summed E-state index contributed by atoms with van der Waals surface area (Å²) in [5, 5.41) is 3.35. The van der Waals surface area contributed by atoms with Gasteiger partial charge in [0.05, 0.1) is 29.5 Å². The predicted molar refractivity (Wildman–Crippen MR) is 102 cm³/mol. The second-order valence-electron chi connectivity index (χ2n) is 6.04. The number of ether oxygens (including phenoxy) is 1. The summed E-state index contributed by atoms with van der Waals surface area (Å²) in [4.78, 5) is 16.3. The third-order valence-electron chi connectivity index (χ3n) is 4.24. The van der Waals surface area contributed by atoms with Crippen molar-refractivity contribution in [1.82, 2.24) is 4.90 Å². The molecule has 132 valence electrons. The first-order valence-electron chi connectivity index (χ1n) is 8.35. The summed E-state index contributed by atoms with van der Waals surface area (Å²) >= 11 is 6.09. The second kappa shape index (κ2) is 7.66. The summed E-state index contributed by atoms with van der Waals surface area (Å²) in [6.07, 6.45) is -0.0863. The van der Waals surface area contributed by atoms with Crippen LogP contribution in [-0.4, -0.2) is 43.7 Å². The van der Waals surface area contributed by atoms with Crippen LogP contribution >= 0.6 is 11.6 Å². The van der Waals surface area contributed by atoms with Crippen LogP contribution in [0.5, 0.6) is 5.75 Å². The lowest BCUT2D eigenvalue weighted by Gasteiger charge is -2.37. The van der Waals surface area contributed by atoms with Gasteiger partial charge in [0.15, 0.2) is 0 Å². The van der Waals surface area contributed by atoms with E-state index >= 15 is 0 Å². The predicted octanol–water partition coefficient (Wildman–Crippen LogP) is 4.09. The number of para-hydroxylation sites is 3. The normalized spacial score (nSPS) is 16.0. The van der Waals surface area contributed by atoms with E-state index in [1.807, 2.05) is 30.3 Å². The molecule has 1 atom stereocenters. The molecule has 0 saturated carbocycles. The fraction of sp³-hybridized carbons (Fsp3) is 0.316. The van der Waals surface area contributed by atoms with E-state index in [2.05, 4.69) is 23.2 Å². The molecule has 3 rings (SSSR count). The fourth-order valence-electron chi connectivity index (χ4n) is 2.94. The van der Waals surface area contributed by atoms with Gasteiger partial charge in [-0.25, -0.2) is 4.79 Å². The first kappa shape index (κ1) is 17.4. The monoisotopic (exact) mass is 359 g/mol. The quantitative estimate of drug-likeness (QED) is 0.894. The Bertz CT molecular complexity index is 753. The number of anilines is 2. The summed E-state index contributed by atoms with van der Waals surface area (Å²) in [6.45, 7) is 4.25. The van der Waals surface area contributed by atoms with Gasteiger partial charge < -0.3 is 19.9 Å². The molecule has 1 N–H and O–H groups in total. The average Bonchev–Trinajstić information content (AvgIpc) is 2.62. The maximum atomic E-state index is 12.4. The van der Waals surface area contributed by atoms with Gasteiger partial charge in [-0.15, -0.1) is 0 Å². The molecule has 0 unspecified atom stereocenters. The van der Waals surface area contributed by atoms with Crippen LogP contribution < -0.4 is 15.0 Å². The van der Waals surface area contributed by atoms with Gasteiger partial charge in [0.25, 0.3) is 0 Å². The molecule has 1 aliphatic rings. The summed E-state index contributed by atoms with van der Waals surface area (Å²) in [7, 11) is 1.76. The van der Waals surface area contributed by atoms with Crippen molar-refractivity contribution in [2.75, 3.05) is 36.9 Å². The third kappa shape index (κ3) is 3.99. The Morgan fingerprint density at radius 1 is 1.28 bits per heavy atom. The Hall–Kier alpha value is -2.40. The largest absolute Gasteiger partial charge is 0.485 e. The highest BCUT2D eigenvalue weighted by molar-refractivity contribution is 6.33. The number of carbonyl (C=O) groups excluding carboxylic acids is 1. The van der Waals surface area contributed by atoms with Crippen LogP contribution in [0.25, 0.3) is 0 Å². The number of hydrogen-bond acceptors (Lipinski definition) is 3. The van der Waals surface area contributed by atoms with E-state index in [-0.39, 0.29) is 12.1 Å². The minimum Gasteiger partial charge on any atom is -0.485 e. The number of likely N-dealkylation sites (N-methyl/N-ethyl adjacent to an activating group) is 2. The van der Waals surface area contributed by atoms with E-state index in [1.54, 1.807) is 24.1 Å². The number of benzene rings is 2. The van der Waals surface area contributed by atoms with Crippen LogP contribution in [-0.2, 0) is 0 Å². The highest BCUT2D eigenvalue weighted by Crippen LogP contribution is 2.32. The maximum absolute atomic E-state index is 12.4. The zero-order valence-corrected chi connectivity index (χ0v) is 15.2. The van der Waals surface area contributed by atoms with Gasteiger partial charge in [-0.2, -0.15) is 0 Å². The van der Waals surface area contributed by atoms with Gasteiger partial charge >= 0.3 is 6.03 Å². The number of amides is 2. The van der Waals surface area contributed by atoms with Gasteiger partial charge in [-0.05, 0) is 31.2 Å². The number of fused-ring (bicyclic) bond motifs is 1. The van der Waals surface area contributed by atoms with Crippen LogP contribution in [0.4, 0.5) is 16.2 Å². The van der Waals surface area contributed by atoms with E-state index < -0.39 is 0 Å². The molecule has 0 fully saturated rings. The molecule has 0 saturated heterocycles. The lowest BCUT2D eigenvalue weighted by Crippen LogP contribution is -2.47. The standard InChI is InChI=1S/C19H22ClN3O2/c1-3-23-13-14(25-18-11-7-6-10-17(18)23)12-22(2)19(24)21-16-9-5-4-8-15(16)20/h4-11,14H,3,12-13H2,1-2H3,(H,21,24)/t14-/m1/s1. The van der Waals surface area contributed by atoms with Crippen LogP contribution in [0, 0.1) is 0 Å². The van der Waals surface area contributed by atoms with Crippen molar-refractivity contribution < 1.29 is 9.53 Å². The number of urea groups is 1. The molecule has 1 aliphatic heterocycles. The van der Waals surface area contributed by atoms with Crippen molar-refractivity contribution >= 4 is 29.0 Å². The van der Waals surface area contributed by atoms with Gasteiger partial charge in [0, 0.05) is 13.6 Å². The third-order valence-corrected chi connectivity index (χ3v) is 4.57. The second-order valence-corrected chi connectivity index (χ2v) is 6.44. The lowest BCUT2D eigenvalue weighted by atomic mass is 10.2. The molecular weight excluding hydrogens is 338 g/mol. The van der Waals surface area contributed by atoms with E-state index in [0.29, 0.717) is 17.3 Å². The van der Waals surface area contributed by atoms with Crippen molar-refractivity contribution in [2.45, 2.75) is 13.0 Å². The first-order valence-corrected chi connectivity index (χ1v) is 8.73.